The van der Waals surface area contributed by atoms with Crippen LogP contribution in [0.15, 0.2) is 24.3 Å². The number of halogens is 1. The molecule has 1 aliphatic rings. The molecule has 1 aliphatic heterocycles. The number of hydrogen-bond donors (Lipinski definition) is 0. The van der Waals surface area contributed by atoms with Crippen molar-refractivity contribution in [2.75, 3.05) is 33.8 Å². The molecule has 0 aliphatic carbocycles. The Balaban J connectivity index is 2.09. The molecule has 1 aromatic rings. The third kappa shape index (κ3) is 2.94. The van der Waals surface area contributed by atoms with Crippen LogP contribution in [-0.4, -0.2) is 49.6 Å². The number of nitrogens with zero attached hydrogens (tertiary/aromatic N) is 2. The summed E-state index contributed by atoms with van der Waals surface area (Å²) in [6.45, 7) is 1.75. The molecule has 0 radical (unpaired) electrons. The van der Waals surface area contributed by atoms with Gasteiger partial charge in [-0.05, 0) is 17.7 Å². The first-order valence-corrected chi connectivity index (χ1v) is 6.29. The van der Waals surface area contributed by atoms with Crippen LogP contribution >= 0.6 is 11.6 Å². The second-order valence-electron chi connectivity index (χ2n) is 4.54. The number of carbonyl (C=O) groups excluding carboxylic acids is 1. The lowest BCUT2D eigenvalue weighted by atomic mass is 10.1. The predicted molar refractivity (Wildman–Crippen MR) is 70.8 cm³/mol. The number of urea groups is 1. The topological polar surface area (TPSA) is 32.8 Å². The fourth-order valence-electron chi connectivity index (χ4n) is 2.01. The minimum absolute atomic E-state index is 0.0188. The zero-order valence-corrected chi connectivity index (χ0v) is 11.4. The maximum absolute atomic E-state index is 11.9. The molecule has 5 heteroatoms. The van der Waals surface area contributed by atoms with Gasteiger partial charge in [0.15, 0.2) is 0 Å². The fraction of sp³-hybridized carbons (Fsp3) is 0.462. The Morgan fingerprint density at radius 2 is 2.28 bits per heavy atom. The highest BCUT2D eigenvalue weighted by Crippen LogP contribution is 2.24. The van der Waals surface area contributed by atoms with E-state index in [2.05, 4.69) is 0 Å². The van der Waals surface area contributed by atoms with Crippen molar-refractivity contribution in [1.29, 1.82) is 0 Å². The summed E-state index contributed by atoms with van der Waals surface area (Å²) >= 11 is 5.97. The van der Waals surface area contributed by atoms with Gasteiger partial charge in [0.05, 0.1) is 13.2 Å². The Kier molecular flexibility index (Phi) is 4.09. The molecule has 0 aromatic heterocycles. The largest absolute Gasteiger partial charge is 0.370 e. The van der Waals surface area contributed by atoms with Crippen LogP contribution in [0.2, 0.25) is 5.02 Å². The van der Waals surface area contributed by atoms with Gasteiger partial charge in [0.1, 0.15) is 6.10 Å². The van der Waals surface area contributed by atoms with Crippen molar-refractivity contribution >= 4 is 17.6 Å². The number of ether oxygens (including phenoxy) is 1. The zero-order valence-electron chi connectivity index (χ0n) is 10.6. The van der Waals surface area contributed by atoms with Crippen molar-refractivity contribution in [3.63, 3.8) is 0 Å². The Hall–Kier alpha value is -1.26. The van der Waals surface area contributed by atoms with Crippen LogP contribution in [0.1, 0.15) is 11.7 Å². The van der Waals surface area contributed by atoms with Gasteiger partial charge in [-0.15, -0.1) is 0 Å². The van der Waals surface area contributed by atoms with Gasteiger partial charge >= 0.3 is 6.03 Å². The van der Waals surface area contributed by atoms with Crippen LogP contribution in [-0.2, 0) is 4.74 Å². The monoisotopic (exact) mass is 268 g/mol. The number of amides is 2. The van der Waals surface area contributed by atoms with Crippen LogP contribution in [0.5, 0.6) is 0 Å². The van der Waals surface area contributed by atoms with Gasteiger partial charge in [-0.1, -0.05) is 23.7 Å². The summed E-state index contributed by atoms with van der Waals surface area (Å²) in [4.78, 5) is 15.3. The standard InChI is InChI=1S/C13H17ClN2O2/c1-15(2)13(17)16-6-7-18-12(9-16)10-4-3-5-11(14)8-10/h3-5,8,12H,6-7,9H2,1-2H3. The van der Waals surface area contributed by atoms with E-state index in [0.29, 0.717) is 24.7 Å². The number of morpholine rings is 1. The van der Waals surface area contributed by atoms with Gasteiger partial charge in [-0.3, -0.25) is 0 Å². The Morgan fingerprint density at radius 1 is 1.50 bits per heavy atom. The molecular formula is C13H17ClN2O2. The van der Waals surface area contributed by atoms with Crippen molar-refractivity contribution in [2.45, 2.75) is 6.10 Å². The molecule has 0 saturated carbocycles. The molecule has 1 unspecified atom stereocenters. The third-order valence-corrected chi connectivity index (χ3v) is 3.18. The molecule has 18 heavy (non-hydrogen) atoms. The van der Waals surface area contributed by atoms with Crippen LogP contribution in [0, 0.1) is 0 Å². The molecule has 0 N–H and O–H groups in total. The number of benzene rings is 1. The SMILES string of the molecule is CN(C)C(=O)N1CCOC(c2cccc(Cl)c2)C1. The van der Waals surface area contributed by atoms with Crippen LogP contribution in [0.4, 0.5) is 4.79 Å². The van der Waals surface area contributed by atoms with Crippen molar-refractivity contribution in [3.8, 4) is 0 Å². The summed E-state index contributed by atoms with van der Waals surface area (Å²) < 4.78 is 5.71. The maximum atomic E-state index is 11.9. The van der Waals surface area contributed by atoms with E-state index in [1.54, 1.807) is 23.9 Å². The van der Waals surface area contributed by atoms with Crippen molar-refractivity contribution in [2.24, 2.45) is 0 Å². The summed E-state index contributed by atoms with van der Waals surface area (Å²) in [5.74, 6) is 0. The van der Waals surface area contributed by atoms with Crippen LogP contribution in [0.25, 0.3) is 0 Å². The third-order valence-electron chi connectivity index (χ3n) is 2.94. The second-order valence-corrected chi connectivity index (χ2v) is 4.97. The van der Waals surface area contributed by atoms with Gasteiger partial charge in [-0.2, -0.15) is 0 Å². The molecule has 1 heterocycles. The smallest absolute Gasteiger partial charge is 0.319 e. The van der Waals surface area contributed by atoms with E-state index < -0.39 is 0 Å². The van der Waals surface area contributed by atoms with Gasteiger partial charge in [-0.25, -0.2) is 4.79 Å². The Bertz CT molecular complexity index is 437. The quantitative estimate of drug-likeness (QED) is 0.784. The maximum Gasteiger partial charge on any atom is 0.319 e. The molecule has 0 spiro atoms. The molecule has 2 amide bonds. The Labute approximate surface area is 112 Å². The lowest BCUT2D eigenvalue weighted by Crippen LogP contribution is -2.46. The molecule has 1 saturated heterocycles. The molecule has 2 rings (SSSR count). The van der Waals surface area contributed by atoms with E-state index in [1.807, 2.05) is 24.3 Å². The van der Waals surface area contributed by atoms with Gasteiger partial charge < -0.3 is 14.5 Å². The normalized spacial score (nSPS) is 19.7. The first-order valence-electron chi connectivity index (χ1n) is 5.91. The van der Waals surface area contributed by atoms with Gasteiger partial charge in [0, 0.05) is 25.7 Å². The van der Waals surface area contributed by atoms with E-state index in [9.17, 15) is 4.79 Å². The van der Waals surface area contributed by atoms with Crippen LogP contribution < -0.4 is 0 Å². The fourth-order valence-corrected chi connectivity index (χ4v) is 2.21. The van der Waals surface area contributed by atoms with E-state index in [1.165, 1.54) is 0 Å². The first kappa shape index (κ1) is 13.2. The van der Waals surface area contributed by atoms with Crippen molar-refractivity contribution in [3.05, 3.63) is 34.9 Å². The summed E-state index contributed by atoms with van der Waals surface area (Å²) in [7, 11) is 3.51. The summed E-state index contributed by atoms with van der Waals surface area (Å²) in [5, 5.41) is 0.687. The minimum Gasteiger partial charge on any atom is -0.370 e. The number of hydrogen-bond acceptors (Lipinski definition) is 2. The number of carbonyl (C=O) groups is 1. The highest BCUT2D eigenvalue weighted by molar-refractivity contribution is 6.30. The zero-order chi connectivity index (χ0) is 13.1. The summed E-state index contributed by atoms with van der Waals surface area (Å²) in [5.41, 5.74) is 1.01. The average molecular weight is 269 g/mol. The summed E-state index contributed by atoms with van der Waals surface area (Å²) in [6.07, 6.45) is -0.0960. The van der Waals surface area contributed by atoms with Gasteiger partial charge in [0.25, 0.3) is 0 Å². The van der Waals surface area contributed by atoms with E-state index in [-0.39, 0.29) is 12.1 Å². The van der Waals surface area contributed by atoms with E-state index in [4.69, 9.17) is 16.3 Å². The molecule has 98 valence electrons. The van der Waals surface area contributed by atoms with Crippen molar-refractivity contribution < 1.29 is 9.53 Å². The highest BCUT2D eigenvalue weighted by Gasteiger charge is 2.26. The molecular weight excluding hydrogens is 252 g/mol. The lowest BCUT2D eigenvalue weighted by Gasteiger charge is -2.34. The van der Waals surface area contributed by atoms with E-state index >= 15 is 0 Å². The second kappa shape index (κ2) is 5.59. The molecule has 1 atom stereocenters. The molecule has 0 bridgehead atoms. The number of rotatable bonds is 1. The predicted octanol–water partition coefficient (Wildman–Crippen LogP) is 2.39. The van der Waals surface area contributed by atoms with Crippen molar-refractivity contribution in [1.82, 2.24) is 9.80 Å². The van der Waals surface area contributed by atoms with E-state index in [0.717, 1.165) is 5.56 Å². The first-order chi connectivity index (χ1) is 8.58. The molecule has 1 aromatic carbocycles. The van der Waals surface area contributed by atoms with Gasteiger partial charge in [0.2, 0.25) is 0 Å². The molecule has 1 fully saturated rings. The molecule has 4 nitrogen and oxygen atoms in total. The minimum atomic E-state index is -0.0960. The van der Waals surface area contributed by atoms with Crippen LogP contribution in [0.3, 0.4) is 0 Å². The Morgan fingerprint density at radius 3 is 2.94 bits per heavy atom. The highest BCUT2D eigenvalue weighted by atomic mass is 35.5. The lowest BCUT2D eigenvalue weighted by molar-refractivity contribution is -0.0188. The average Bonchev–Trinajstić information content (AvgIpc) is 2.38. The summed E-state index contributed by atoms with van der Waals surface area (Å²) in [6, 6.07) is 7.60.